The molecule has 0 aliphatic carbocycles. The lowest BCUT2D eigenvalue weighted by atomic mass is 10.1. The van der Waals surface area contributed by atoms with Crippen LogP contribution < -0.4 is 14.9 Å². The summed E-state index contributed by atoms with van der Waals surface area (Å²) in [4.78, 5) is 22.0. The quantitative estimate of drug-likeness (QED) is 0.381. The number of methoxy groups -OCH3 is 2. The minimum Gasteiger partial charge on any atom is -0.493 e. The van der Waals surface area contributed by atoms with Crippen molar-refractivity contribution in [3.05, 3.63) is 84.1 Å². The first-order valence-corrected chi connectivity index (χ1v) is 9.57. The van der Waals surface area contributed by atoms with Crippen molar-refractivity contribution in [3.63, 3.8) is 0 Å². The van der Waals surface area contributed by atoms with Crippen molar-refractivity contribution < 1.29 is 14.3 Å². The predicted molar refractivity (Wildman–Crippen MR) is 120 cm³/mol. The number of amides is 1. The van der Waals surface area contributed by atoms with Crippen molar-refractivity contribution in [1.82, 2.24) is 15.4 Å². The minimum atomic E-state index is -0.353. The number of ether oxygens (including phenoxy) is 2. The maximum atomic E-state index is 13.0. The molecule has 2 aromatic carbocycles. The van der Waals surface area contributed by atoms with Gasteiger partial charge in [0.2, 0.25) is 0 Å². The molecule has 0 spiro atoms. The summed E-state index contributed by atoms with van der Waals surface area (Å²) >= 11 is 0. The van der Waals surface area contributed by atoms with E-state index in [-0.39, 0.29) is 5.91 Å². The number of para-hydroxylation sites is 2. The maximum Gasteiger partial charge on any atom is 0.272 e. The average molecular weight is 412 g/mol. The van der Waals surface area contributed by atoms with Crippen molar-refractivity contribution in [1.29, 1.82) is 0 Å². The molecule has 154 valence electrons. The van der Waals surface area contributed by atoms with Crippen molar-refractivity contribution in [3.8, 4) is 22.9 Å². The molecule has 0 radical (unpaired) electrons. The second-order valence-corrected chi connectivity index (χ2v) is 6.57. The van der Waals surface area contributed by atoms with Crippen LogP contribution in [0.15, 0.2) is 78.0 Å². The third kappa shape index (κ3) is 4.20. The van der Waals surface area contributed by atoms with E-state index >= 15 is 0 Å². The number of hydrogen-bond acceptors (Lipinski definition) is 6. The van der Waals surface area contributed by atoms with Gasteiger partial charge in [-0.1, -0.05) is 30.3 Å². The second kappa shape index (κ2) is 9.04. The van der Waals surface area contributed by atoms with Gasteiger partial charge in [-0.05, 0) is 36.4 Å². The average Bonchev–Trinajstić information content (AvgIpc) is 2.83. The Morgan fingerprint density at radius 1 is 0.968 bits per heavy atom. The summed E-state index contributed by atoms with van der Waals surface area (Å²) in [6.45, 7) is 0. The molecule has 4 rings (SSSR count). The lowest BCUT2D eigenvalue weighted by Crippen LogP contribution is -2.18. The summed E-state index contributed by atoms with van der Waals surface area (Å²) in [5.74, 6) is 0.765. The number of aromatic nitrogens is 2. The second-order valence-electron chi connectivity index (χ2n) is 6.57. The van der Waals surface area contributed by atoms with Crippen LogP contribution in [0.25, 0.3) is 22.3 Å². The summed E-state index contributed by atoms with van der Waals surface area (Å²) in [6.07, 6.45) is 3.21. The molecule has 1 N–H and O–H groups in total. The first-order chi connectivity index (χ1) is 15.2. The van der Waals surface area contributed by atoms with Gasteiger partial charge in [-0.15, -0.1) is 0 Å². The highest BCUT2D eigenvalue weighted by molar-refractivity contribution is 6.07. The fourth-order valence-corrected chi connectivity index (χ4v) is 3.24. The van der Waals surface area contributed by atoms with Crippen LogP contribution in [0.5, 0.6) is 11.5 Å². The number of rotatable bonds is 6. The topological polar surface area (TPSA) is 85.7 Å². The van der Waals surface area contributed by atoms with Gasteiger partial charge in [0.05, 0.1) is 42.9 Å². The Kier molecular flexibility index (Phi) is 5.84. The molecule has 0 fully saturated rings. The van der Waals surface area contributed by atoms with E-state index in [4.69, 9.17) is 9.47 Å². The van der Waals surface area contributed by atoms with E-state index in [2.05, 4.69) is 20.5 Å². The molecule has 31 heavy (non-hydrogen) atoms. The zero-order chi connectivity index (χ0) is 21.6. The highest BCUT2D eigenvalue weighted by atomic mass is 16.5. The van der Waals surface area contributed by atoms with Crippen LogP contribution in [0.4, 0.5) is 0 Å². The fraction of sp³-hybridized carbons (Fsp3) is 0.0833. The summed E-state index contributed by atoms with van der Waals surface area (Å²) in [6, 6.07) is 20.2. The SMILES string of the molecule is COc1cccc(/C=N/NC(=O)c2cc(-c3ccccn3)nc3ccccc23)c1OC. The molecule has 0 saturated heterocycles. The third-order valence-corrected chi connectivity index (χ3v) is 4.69. The fourth-order valence-electron chi connectivity index (χ4n) is 3.24. The Bertz CT molecular complexity index is 1260. The standard InChI is InChI=1S/C24H20N4O3/c1-30-22-12-7-8-16(23(22)31-2)15-26-28-24(29)18-14-21(20-11-5-6-13-25-20)27-19-10-4-3-9-17(18)19/h3-15H,1-2H3,(H,28,29)/b26-15+. The van der Waals surface area contributed by atoms with Crippen molar-refractivity contribution >= 4 is 23.0 Å². The third-order valence-electron chi connectivity index (χ3n) is 4.69. The summed E-state index contributed by atoms with van der Waals surface area (Å²) < 4.78 is 10.7. The lowest BCUT2D eigenvalue weighted by molar-refractivity contribution is 0.0956. The predicted octanol–water partition coefficient (Wildman–Crippen LogP) is 4.08. The molecule has 0 saturated carbocycles. The van der Waals surface area contributed by atoms with E-state index in [1.54, 1.807) is 32.5 Å². The Hall–Kier alpha value is -4.26. The maximum absolute atomic E-state index is 13.0. The van der Waals surface area contributed by atoms with Gasteiger partial charge in [-0.2, -0.15) is 5.10 Å². The Balaban J connectivity index is 1.66. The van der Waals surface area contributed by atoms with Gasteiger partial charge in [0.15, 0.2) is 11.5 Å². The van der Waals surface area contributed by atoms with Crippen LogP contribution in [-0.4, -0.2) is 36.3 Å². The van der Waals surface area contributed by atoms with E-state index < -0.39 is 0 Å². The molecule has 2 heterocycles. The number of nitrogens with one attached hydrogen (secondary N) is 1. The van der Waals surface area contributed by atoms with E-state index in [1.807, 2.05) is 54.6 Å². The number of hydrogen-bond donors (Lipinski definition) is 1. The van der Waals surface area contributed by atoms with E-state index in [0.29, 0.717) is 39.5 Å². The van der Waals surface area contributed by atoms with Crippen LogP contribution in [-0.2, 0) is 0 Å². The number of benzene rings is 2. The molecule has 0 aliphatic rings. The molecule has 0 aliphatic heterocycles. The van der Waals surface area contributed by atoms with Crippen molar-refractivity contribution in [2.45, 2.75) is 0 Å². The molecule has 0 unspecified atom stereocenters. The first-order valence-electron chi connectivity index (χ1n) is 9.57. The van der Waals surface area contributed by atoms with Crippen molar-refractivity contribution in [2.24, 2.45) is 5.10 Å². The molecular formula is C24H20N4O3. The number of pyridine rings is 2. The molecule has 2 aromatic heterocycles. The van der Waals surface area contributed by atoms with Crippen LogP contribution in [0.3, 0.4) is 0 Å². The van der Waals surface area contributed by atoms with Gasteiger partial charge < -0.3 is 9.47 Å². The highest BCUT2D eigenvalue weighted by Crippen LogP contribution is 2.29. The van der Waals surface area contributed by atoms with Crippen LogP contribution in [0.2, 0.25) is 0 Å². The molecule has 0 bridgehead atoms. The zero-order valence-electron chi connectivity index (χ0n) is 17.1. The van der Waals surface area contributed by atoms with Gasteiger partial charge >= 0.3 is 0 Å². The van der Waals surface area contributed by atoms with Gasteiger partial charge in [0, 0.05) is 17.1 Å². The summed E-state index contributed by atoms with van der Waals surface area (Å²) in [7, 11) is 3.12. The molecule has 0 atom stereocenters. The molecule has 4 aromatic rings. The van der Waals surface area contributed by atoms with Gasteiger partial charge in [0.25, 0.3) is 5.91 Å². The number of carbonyl (C=O) groups is 1. The first kappa shape index (κ1) is 20.0. The molecule has 7 heteroatoms. The highest BCUT2D eigenvalue weighted by Gasteiger charge is 2.14. The number of fused-ring (bicyclic) bond motifs is 1. The molecule has 1 amide bonds. The lowest BCUT2D eigenvalue weighted by Gasteiger charge is -2.10. The van der Waals surface area contributed by atoms with Crippen molar-refractivity contribution in [2.75, 3.05) is 14.2 Å². The Morgan fingerprint density at radius 3 is 2.58 bits per heavy atom. The number of carbonyl (C=O) groups excluding carboxylic acids is 1. The van der Waals surface area contributed by atoms with Gasteiger partial charge in [-0.25, -0.2) is 10.4 Å². The Labute approximate surface area is 179 Å². The normalized spacial score (nSPS) is 10.9. The molecule has 7 nitrogen and oxygen atoms in total. The van der Waals surface area contributed by atoms with E-state index in [9.17, 15) is 4.79 Å². The van der Waals surface area contributed by atoms with E-state index in [0.717, 1.165) is 5.39 Å². The minimum absolute atomic E-state index is 0.353. The molecular weight excluding hydrogens is 392 g/mol. The smallest absolute Gasteiger partial charge is 0.272 e. The van der Waals surface area contributed by atoms with Gasteiger partial charge in [-0.3, -0.25) is 9.78 Å². The van der Waals surface area contributed by atoms with E-state index in [1.165, 1.54) is 6.21 Å². The monoisotopic (exact) mass is 412 g/mol. The summed E-state index contributed by atoms with van der Waals surface area (Å²) in [5, 5.41) is 4.85. The Morgan fingerprint density at radius 2 is 1.81 bits per heavy atom. The van der Waals surface area contributed by atoms with Crippen LogP contribution in [0, 0.1) is 0 Å². The zero-order valence-corrected chi connectivity index (χ0v) is 17.1. The van der Waals surface area contributed by atoms with Crippen LogP contribution in [0.1, 0.15) is 15.9 Å². The van der Waals surface area contributed by atoms with Gasteiger partial charge in [0.1, 0.15) is 0 Å². The summed E-state index contributed by atoms with van der Waals surface area (Å²) in [5.41, 5.74) is 5.73. The van der Waals surface area contributed by atoms with Crippen LogP contribution >= 0.6 is 0 Å². The number of hydrazone groups is 1. The number of nitrogens with zero attached hydrogens (tertiary/aromatic N) is 3. The largest absolute Gasteiger partial charge is 0.493 e.